The number of rotatable bonds is 10. The van der Waals surface area contributed by atoms with Gasteiger partial charge in [0, 0.05) is 24.1 Å². The SMILES string of the molecule is CCS(=O)(=O)N(CC(=O)NCCSCc1cccc(C)c1)c1ccc2c(c1)OCCO2. The summed E-state index contributed by atoms with van der Waals surface area (Å²) >= 11 is 1.72. The molecule has 0 fully saturated rings. The minimum absolute atomic E-state index is 0.110. The largest absolute Gasteiger partial charge is 0.486 e. The van der Waals surface area contributed by atoms with Crippen LogP contribution in [0.25, 0.3) is 0 Å². The molecule has 0 aliphatic carbocycles. The van der Waals surface area contributed by atoms with Crippen LogP contribution in [0.3, 0.4) is 0 Å². The quantitative estimate of drug-likeness (QED) is 0.544. The standard InChI is InChI=1S/C22H28N2O5S2/c1-3-31(26,27)24(19-7-8-20-21(14-19)29-11-10-28-20)15-22(25)23-9-12-30-16-18-6-4-5-17(2)13-18/h4-8,13-14H,3,9-12,15-16H2,1-2H3,(H,23,25). The van der Waals surface area contributed by atoms with E-state index in [0.29, 0.717) is 36.9 Å². The van der Waals surface area contributed by atoms with Crippen molar-refractivity contribution in [2.24, 2.45) is 0 Å². The van der Waals surface area contributed by atoms with E-state index in [1.165, 1.54) is 11.1 Å². The zero-order valence-corrected chi connectivity index (χ0v) is 19.4. The fraction of sp³-hybridized carbons (Fsp3) is 0.409. The van der Waals surface area contributed by atoms with E-state index in [9.17, 15) is 13.2 Å². The summed E-state index contributed by atoms with van der Waals surface area (Å²) in [4.78, 5) is 12.5. The monoisotopic (exact) mass is 464 g/mol. The maximum absolute atomic E-state index is 12.6. The Labute approximate surface area is 188 Å². The number of benzene rings is 2. The van der Waals surface area contributed by atoms with Crippen LogP contribution in [0.1, 0.15) is 18.1 Å². The van der Waals surface area contributed by atoms with Crippen molar-refractivity contribution >= 4 is 33.4 Å². The number of amides is 1. The van der Waals surface area contributed by atoms with E-state index in [1.54, 1.807) is 36.9 Å². The maximum Gasteiger partial charge on any atom is 0.240 e. The number of aryl methyl sites for hydroxylation is 1. The molecule has 0 spiro atoms. The number of hydrogen-bond acceptors (Lipinski definition) is 6. The lowest BCUT2D eigenvalue weighted by Crippen LogP contribution is -2.42. The summed E-state index contributed by atoms with van der Waals surface area (Å²) in [6.45, 7) is 4.66. The molecule has 0 atom stereocenters. The van der Waals surface area contributed by atoms with E-state index >= 15 is 0 Å². The molecule has 7 nitrogen and oxygen atoms in total. The van der Waals surface area contributed by atoms with Crippen LogP contribution in [-0.2, 0) is 20.6 Å². The van der Waals surface area contributed by atoms with Gasteiger partial charge >= 0.3 is 0 Å². The van der Waals surface area contributed by atoms with Gasteiger partial charge in [0.25, 0.3) is 0 Å². The first-order valence-electron chi connectivity index (χ1n) is 10.2. The molecule has 1 aliphatic heterocycles. The third kappa shape index (κ3) is 6.54. The van der Waals surface area contributed by atoms with Crippen molar-refractivity contribution in [1.29, 1.82) is 0 Å². The molecular weight excluding hydrogens is 436 g/mol. The predicted molar refractivity (Wildman–Crippen MR) is 125 cm³/mol. The number of sulfonamides is 1. The van der Waals surface area contributed by atoms with Crippen LogP contribution in [0.5, 0.6) is 11.5 Å². The van der Waals surface area contributed by atoms with Crippen LogP contribution in [0, 0.1) is 6.92 Å². The summed E-state index contributed by atoms with van der Waals surface area (Å²) in [5.41, 5.74) is 2.85. The number of ether oxygens (including phenoxy) is 2. The van der Waals surface area contributed by atoms with E-state index in [4.69, 9.17) is 9.47 Å². The number of carbonyl (C=O) groups excluding carboxylic acids is 1. The van der Waals surface area contributed by atoms with Crippen molar-refractivity contribution in [3.8, 4) is 11.5 Å². The average molecular weight is 465 g/mol. The topological polar surface area (TPSA) is 84.9 Å². The second kappa shape index (κ2) is 10.8. The van der Waals surface area contributed by atoms with Gasteiger partial charge in [0.05, 0.1) is 11.4 Å². The lowest BCUT2D eigenvalue weighted by molar-refractivity contribution is -0.119. The zero-order valence-electron chi connectivity index (χ0n) is 17.8. The Morgan fingerprint density at radius 1 is 1.13 bits per heavy atom. The maximum atomic E-state index is 12.6. The Morgan fingerprint density at radius 3 is 2.65 bits per heavy atom. The van der Waals surface area contributed by atoms with Crippen molar-refractivity contribution in [3.63, 3.8) is 0 Å². The molecule has 1 heterocycles. The molecule has 0 aromatic heterocycles. The molecule has 1 aliphatic rings. The minimum atomic E-state index is -3.64. The van der Waals surface area contributed by atoms with Crippen LogP contribution < -0.4 is 19.1 Å². The van der Waals surface area contributed by atoms with Gasteiger partial charge in [-0.25, -0.2) is 8.42 Å². The molecule has 9 heteroatoms. The number of fused-ring (bicyclic) bond motifs is 1. The highest BCUT2D eigenvalue weighted by molar-refractivity contribution is 7.98. The Bertz CT molecular complexity index is 1010. The van der Waals surface area contributed by atoms with E-state index in [2.05, 4.69) is 30.4 Å². The first-order chi connectivity index (χ1) is 14.9. The van der Waals surface area contributed by atoms with Crippen molar-refractivity contribution < 1.29 is 22.7 Å². The summed E-state index contributed by atoms with van der Waals surface area (Å²) in [5, 5.41) is 2.82. The summed E-state index contributed by atoms with van der Waals surface area (Å²) in [7, 11) is -3.64. The van der Waals surface area contributed by atoms with Gasteiger partial charge < -0.3 is 14.8 Å². The highest BCUT2D eigenvalue weighted by Gasteiger charge is 2.25. The molecule has 1 amide bonds. The molecule has 1 N–H and O–H groups in total. The van der Waals surface area contributed by atoms with Crippen LogP contribution >= 0.6 is 11.8 Å². The van der Waals surface area contributed by atoms with Gasteiger partial charge in [0.2, 0.25) is 15.9 Å². The molecule has 0 bridgehead atoms. The van der Waals surface area contributed by atoms with Gasteiger partial charge in [0.1, 0.15) is 19.8 Å². The summed E-state index contributed by atoms with van der Waals surface area (Å²) < 4.78 is 37.4. The fourth-order valence-corrected chi connectivity index (χ4v) is 5.00. The van der Waals surface area contributed by atoms with Crippen LogP contribution in [0.4, 0.5) is 5.69 Å². The average Bonchev–Trinajstić information content (AvgIpc) is 2.77. The highest BCUT2D eigenvalue weighted by Crippen LogP contribution is 2.34. The van der Waals surface area contributed by atoms with E-state index in [1.807, 2.05) is 6.07 Å². The third-order valence-electron chi connectivity index (χ3n) is 4.72. The Kier molecular flexibility index (Phi) is 8.09. The molecule has 2 aromatic rings. The Balaban J connectivity index is 1.55. The van der Waals surface area contributed by atoms with Crippen molar-refractivity contribution in [1.82, 2.24) is 5.32 Å². The second-order valence-corrected chi connectivity index (χ2v) is 10.4. The van der Waals surface area contributed by atoms with E-state index < -0.39 is 10.0 Å². The lowest BCUT2D eigenvalue weighted by atomic mass is 10.2. The summed E-state index contributed by atoms with van der Waals surface area (Å²) in [6, 6.07) is 13.2. The smallest absolute Gasteiger partial charge is 0.240 e. The zero-order chi connectivity index (χ0) is 22.3. The number of nitrogens with one attached hydrogen (secondary N) is 1. The number of anilines is 1. The van der Waals surface area contributed by atoms with E-state index in [-0.39, 0.29) is 18.2 Å². The van der Waals surface area contributed by atoms with Gasteiger partial charge in [-0.05, 0) is 31.5 Å². The van der Waals surface area contributed by atoms with E-state index in [0.717, 1.165) is 15.8 Å². The normalized spacial score (nSPS) is 13.0. The molecule has 2 aromatic carbocycles. The summed E-state index contributed by atoms with van der Waals surface area (Å²) in [6.07, 6.45) is 0. The molecule has 0 radical (unpaired) electrons. The fourth-order valence-electron chi connectivity index (χ4n) is 3.13. The van der Waals surface area contributed by atoms with Crippen molar-refractivity contribution in [2.75, 3.05) is 42.1 Å². The van der Waals surface area contributed by atoms with Gasteiger partial charge in [-0.15, -0.1) is 0 Å². The Hall–Kier alpha value is -2.39. The van der Waals surface area contributed by atoms with Crippen LogP contribution in [-0.4, -0.2) is 52.1 Å². The second-order valence-electron chi connectivity index (χ2n) is 7.13. The number of thioether (sulfide) groups is 1. The molecule has 31 heavy (non-hydrogen) atoms. The molecule has 3 rings (SSSR count). The summed E-state index contributed by atoms with van der Waals surface area (Å²) in [5.74, 6) is 2.20. The number of nitrogens with zero attached hydrogens (tertiary/aromatic N) is 1. The van der Waals surface area contributed by atoms with Gasteiger partial charge in [0.15, 0.2) is 11.5 Å². The highest BCUT2D eigenvalue weighted by atomic mass is 32.2. The molecule has 0 saturated carbocycles. The number of carbonyl (C=O) groups is 1. The van der Waals surface area contributed by atoms with Gasteiger partial charge in [-0.2, -0.15) is 11.8 Å². The molecule has 0 saturated heterocycles. The van der Waals surface area contributed by atoms with Gasteiger partial charge in [-0.3, -0.25) is 9.10 Å². The minimum Gasteiger partial charge on any atom is -0.486 e. The van der Waals surface area contributed by atoms with Crippen molar-refractivity contribution in [3.05, 3.63) is 53.6 Å². The molecular formula is C22H28N2O5S2. The molecule has 168 valence electrons. The first-order valence-corrected chi connectivity index (χ1v) is 13.0. The van der Waals surface area contributed by atoms with Crippen LogP contribution in [0.2, 0.25) is 0 Å². The first kappa shape index (κ1) is 23.3. The lowest BCUT2D eigenvalue weighted by Gasteiger charge is -2.25. The van der Waals surface area contributed by atoms with Crippen molar-refractivity contribution in [2.45, 2.75) is 19.6 Å². The Morgan fingerprint density at radius 2 is 1.90 bits per heavy atom. The third-order valence-corrected chi connectivity index (χ3v) is 7.49. The number of hydrogen-bond donors (Lipinski definition) is 1. The van der Waals surface area contributed by atoms with Gasteiger partial charge in [-0.1, -0.05) is 29.8 Å². The van der Waals surface area contributed by atoms with Crippen LogP contribution in [0.15, 0.2) is 42.5 Å². The predicted octanol–water partition coefficient (Wildman–Crippen LogP) is 2.97. The molecule has 0 unspecified atom stereocenters.